The van der Waals surface area contributed by atoms with E-state index in [0.29, 0.717) is 11.8 Å². The van der Waals surface area contributed by atoms with E-state index >= 15 is 0 Å². The minimum absolute atomic E-state index is 0. The Balaban J connectivity index is 0.000000269. The van der Waals surface area contributed by atoms with E-state index in [2.05, 4.69) is 124 Å². The molecule has 0 spiro atoms. The van der Waals surface area contributed by atoms with Gasteiger partial charge in [-0.2, -0.15) is 11.3 Å². The van der Waals surface area contributed by atoms with E-state index in [0.717, 1.165) is 27.9 Å². The van der Waals surface area contributed by atoms with Crippen molar-refractivity contribution < 1.29 is 20.1 Å². The van der Waals surface area contributed by atoms with Gasteiger partial charge >= 0.3 is 0 Å². The summed E-state index contributed by atoms with van der Waals surface area (Å²) in [7, 11) is 0. The van der Waals surface area contributed by atoms with E-state index in [9.17, 15) is 0 Å². The van der Waals surface area contributed by atoms with Crippen LogP contribution in [-0.4, -0.2) is 9.97 Å². The summed E-state index contributed by atoms with van der Waals surface area (Å²) in [5, 5.41) is 1.15. The molecule has 3 heterocycles. The van der Waals surface area contributed by atoms with Crippen molar-refractivity contribution in [1.82, 2.24) is 9.97 Å². The third-order valence-corrected chi connectivity index (χ3v) is 9.08. The zero-order valence-corrected chi connectivity index (χ0v) is 29.7. The van der Waals surface area contributed by atoms with Crippen LogP contribution in [0.1, 0.15) is 50.7 Å². The molecule has 4 heteroatoms. The molecule has 7 aromatic rings. The van der Waals surface area contributed by atoms with Crippen LogP contribution in [0.25, 0.3) is 54.2 Å². The molecule has 0 N–H and O–H groups in total. The van der Waals surface area contributed by atoms with Gasteiger partial charge in [0.2, 0.25) is 0 Å². The third-order valence-electron chi connectivity index (χ3n) is 7.86. The second kappa shape index (κ2) is 15.4. The molecule has 0 saturated carbocycles. The molecule has 0 saturated heterocycles. The van der Waals surface area contributed by atoms with E-state index in [4.69, 9.17) is 4.98 Å². The Kier molecular flexibility index (Phi) is 11.1. The van der Waals surface area contributed by atoms with E-state index in [1.807, 2.05) is 60.0 Å². The SMILES string of the molecule is CC(C)c1ccc(-c2cc(-c3cc(C(C)C)ccn3)[c-]c3cc(-c4ccccc4)sc23)cc1.[Ir].[c-]1ccccc1-c1ccccn1. The molecule has 0 amide bonds. The van der Waals surface area contributed by atoms with Gasteiger partial charge in [-0.15, -0.1) is 59.5 Å². The van der Waals surface area contributed by atoms with Crippen molar-refractivity contribution >= 4 is 21.4 Å². The monoisotopic (exact) mass is 793 g/mol. The first-order valence-electron chi connectivity index (χ1n) is 15.5. The second-order valence-corrected chi connectivity index (χ2v) is 12.8. The van der Waals surface area contributed by atoms with Crippen LogP contribution >= 0.6 is 11.3 Å². The Hall–Kier alpha value is -4.21. The van der Waals surface area contributed by atoms with Crippen molar-refractivity contribution in [2.45, 2.75) is 39.5 Å². The van der Waals surface area contributed by atoms with Gasteiger partial charge in [-0.05, 0) is 61.5 Å². The fraction of sp³-hybridized carbons (Fsp3) is 0.143. The number of fused-ring (bicyclic) bond motifs is 1. The summed E-state index contributed by atoms with van der Waals surface area (Å²) in [5.74, 6) is 0.984. The molecule has 0 atom stereocenters. The molecule has 0 unspecified atom stereocenters. The molecule has 46 heavy (non-hydrogen) atoms. The summed E-state index contributed by atoms with van der Waals surface area (Å²) in [6.07, 6.45) is 3.71. The normalized spacial score (nSPS) is 10.8. The van der Waals surface area contributed by atoms with Crippen molar-refractivity contribution in [1.29, 1.82) is 0 Å². The molecule has 0 aliphatic rings. The number of hydrogen-bond acceptors (Lipinski definition) is 3. The summed E-state index contributed by atoms with van der Waals surface area (Å²) >= 11 is 1.84. The molecule has 4 aromatic carbocycles. The van der Waals surface area contributed by atoms with Crippen LogP contribution in [0.4, 0.5) is 0 Å². The fourth-order valence-electron chi connectivity index (χ4n) is 5.25. The number of benzene rings is 4. The molecule has 0 aliphatic heterocycles. The van der Waals surface area contributed by atoms with Gasteiger partial charge in [-0.1, -0.05) is 112 Å². The maximum absolute atomic E-state index is 4.71. The molecule has 0 fully saturated rings. The second-order valence-electron chi connectivity index (χ2n) is 11.7. The van der Waals surface area contributed by atoms with Gasteiger partial charge < -0.3 is 4.98 Å². The Morgan fingerprint density at radius 1 is 0.587 bits per heavy atom. The molecule has 0 bridgehead atoms. The maximum Gasteiger partial charge on any atom is 0.0185 e. The average Bonchev–Trinajstić information content (AvgIpc) is 3.54. The van der Waals surface area contributed by atoms with E-state index in [-0.39, 0.29) is 20.1 Å². The summed E-state index contributed by atoms with van der Waals surface area (Å²) in [6, 6.07) is 49.0. The number of aromatic nitrogens is 2. The van der Waals surface area contributed by atoms with Gasteiger partial charge in [-0.3, -0.25) is 4.98 Å². The molecule has 2 nitrogen and oxygen atoms in total. The van der Waals surface area contributed by atoms with Gasteiger partial charge in [0.05, 0.1) is 0 Å². The number of rotatable bonds is 6. The van der Waals surface area contributed by atoms with Gasteiger partial charge in [0.15, 0.2) is 0 Å². The van der Waals surface area contributed by atoms with Crippen LogP contribution in [-0.2, 0) is 20.1 Å². The molecule has 231 valence electrons. The molecule has 3 aromatic heterocycles. The molecule has 1 radical (unpaired) electrons. The molecule has 0 aliphatic carbocycles. The minimum Gasteiger partial charge on any atom is -0.305 e. The topological polar surface area (TPSA) is 25.8 Å². The predicted octanol–water partition coefficient (Wildman–Crippen LogP) is 11.9. The van der Waals surface area contributed by atoms with E-state index in [1.165, 1.54) is 37.4 Å². The molecule has 7 rings (SSSR count). The van der Waals surface area contributed by atoms with Crippen molar-refractivity contribution in [2.75, 3.05) is 0 Å². The van der Waals surface area contributed by atoms with Crippen LogP contribution in [0.3, 0.4) is 0 Å². The Labute approximate surface area is 290 Å². The van der Waals surface area contributed by atoms with Crippen molar-refractivity contribution in [2.24, 2.45) is 0 Å². The first kappa shape index (κ1) is 33.2. The van der Waals surface area contributed by atoms with Gasteiger partial charge in [-0.25, -0.2) is 0 Å². The largest absolute Gasteiger partial charge is 0.305 e. The first-order valence-corrected chi connectivity index (χ1v) is 16.3. The number of thiophene rings is 1. The number of nitrogens with zero attached hydrogens (tertiary/aromatic N) is 2. The quantitative estimate of drug-likeness (QED) is 0.157. The summed E-state index contributed by atoms with van der Waals surface area (Å²) in [4.78, 5) is 10.2. The van der Waals surface area contributed by atoms with E-state index in [1.54, 1.807) is 6.20 Å². The zero-order chi connectivity index (χ0) is 31.2. The summed E-state index contributed by atoms with van der Waals surface area (Å²) in [5.41, 5.74) is 10.4. The predicted molar refractivity (Wildman–Crippen MR) is 191 cm³/mol. The van der Waals surface area contributed by atoms with Crippen molar-refractivity contribution in [3.05, 3.63) is 157 Å². The van der Waals surface area contributed by atoms with Crippen LogP contribution in [0.15, 0.2) is 134 Å². The Morgan fingerprint density at radius 2 is 1.30 bits per heavy atom. The van der Waals surface area contributed by atoms with Crippen LogP contribution in [0, 0.1) is 12.1 Å². The van der Waals surface area contributed by atoms with Crippen LogP contribution in [0.2, 0.25) is 0 Å². The number of hydrogen-bond donors (Lipinski definition) is 0. The fourth-order valence-corrected chi connectivity index (χ4v) is 6.40. The standard InChI is InChI=1S/C31H28NS.C11H8N.Ir/c1-20(2)22-10-12-23(13-11-22)28-17-26(29-18-25(21(3)4)14-15-32-29)16-27-19-30(33-31(27)28)24-8-6-5-7-9-24;1-2-6-10(7-3-1)11-8-4-5-9-12-11;/h5-15,17-21H,1-4H3;1-6,8-9H;/q2*-1;. The van der Waals surface area contributed by atoms with Crippen LogP contribution < -0.4 is 0 Å². The molecular formula is C42H36IrN2S-2. The zero-order valence-electron chi connectivity index (χ0n) is 26.5. The molecular weight excluding hydrogens is 757 g/mol. The van der Waals surface area contributed by atoms with Gasteiger partial charge in [0.1, 0.15) is 0 Å². The average molecular weight is 793 g/mol. The minimum atomic E-state index is 0. The third kappa shape index (κ3) is 7.77. The van der Waals surface area contributed by atoms with Crippen molar-refractivity contribution in [3.63, 3.8) is 0 Å². The van der Waals surface area contributed by atoms with Crippen LogP contribution in [0.5, 0.6) is 0 Å². The van der Waals surface area contributed by atoms with Gasteiger partial charge in [0, 0.05) is 38.2 Å². The Bertz CT molecular complexity index is 1940. The smallest absolute Gasteiger partial charge is 0.0185 e. The van der Waals surface area contributed by atoms with Crippen molar-refractivity contribution in [3.8, 4) is 44.1 Å². The first-order chi connectivity index (χ1) is 22.0. The maximum atomic E-state index is 4.71. The summed E-state index contributed by atoms with van der Waals surface area (Å²) < 4.78 is 1.27. The van der Waals surface area contributed by atoms with Gasteiger partial charge in [0.25, 0.3) is 0 Å². The summed E-state index contributed by atoms with van der Waals surface area (Å²) in [6.45, 7) is 8.92. The number of pyridine rings is 2. The Morgan fingerprint density at radius 3 is 1.98 bits per heavy atom. The van der Waals surface area contributed by atoms with E-state index < -0.39 is 0 Å².